The molecule has 0 bridgehead atoms. The van der Waals surface area contributed by atoms with Gasteiger partial charge in [-0.1, -0.05) is 13.8 Å². The molecule has 1 saturated heterocycles. The van der Waals surface area contributed by atoms with Gasteiger partial charge in [-0.15, -0.1) is 0 Å². The maximum absolute atomic E-state index is 12.1. The van der Waals surface area contributed by atoms with Gasteiger partial charge in [0.05, 0.1) is 24.5 Å². The highest BCUT2D eigenvalue weighted by Gasteiger charge is 2.22. The number of ether oxygens (including phenoxy) is 1. The first-order valence-electron chi connectivity index (χ1n) is 7.58. The Bertz CT molecular complexity index is 484. The van der Waals surface area contributed by atoms with Crippen molar-refractivity contribution in [1.82, 2.24) is 20.0 Å². The molecule has 2 rings (SSSR count). The minimum Gasteiger partial charge on any atom is -0.374 e. The molecule has 1 amide bonds. The van der Waals surface area contributed by atoms with Crippen molar-refractivity contribution >= 4 is 5.91 Å². The summed E-state index contributed by atoms with van der Waals surface area (Å²) in [4.78, 5) is 14.6. The van der Waals surface area contributed by atoms with Crippen LogP contribution in [0.3, 0.4) is 0 Å². The van der Waals surface area contributed by atoms with E-state index in [-0.39, 0.29) is 12.0 Å². The van der Waals surface area contributed by atoms with Crippen molar-refractivity contribution in [1.29, 1.82) is 0 Å². The number of nitrogens with one attached hydrogen (secondary N) is 1. The summed E-state index contributed by atoms with van der Waals surface area (Å²) in [5.41, 5.74) is 1.51. The zero-order valence-corrected chi connectivity index (χ0v) is 13.4. The van der Waals surface area contributed by atoms with E-state index in [1.807, 2.05) is 14.0 Å². The lowest BCUT2D eigenvalue weighted by atomic mass is 10.1. The minimum absolute atomic E-state index is 0.0680. The van der Waals surface area contributed by atoms with E-state index in [1.165, 1.54) is 0 Å². The molecule has 0 spiro atoms. The van der Waals surface area contributed by atoms with Crippen LogP contribution in [0.15, 0.2) is 6.20 Å². The number of hydrogen-bond donors (Lipinski definition) is 1. The highest BCUT2D eigenvalue weighted by molar-refractivity contribution is 5.95. The molecule has 0 unspecified atom stereocenters. The monoisotopic (exact) mass is 294 g/mol. The predicted octanol–water partition coefficient (Wildman–Crippen LogP) is 0.815. The van der Waals surface area contributed by atoms with Crippen molar-refractivity contribution in [3.05, 3.63) is 17.5 Å². The Morgan fingerprint density at radius 2 is 2.33 bits per heavy atom. The Morgan fingerprint density at radius 1 is 1.57 bits per heavy atom. The van der Waals surface area contributed by atoms with Crippen molar-refractivity contribution in [2.24, 2.45) is 13.0 Å². The lowest BCUT2D eigenvalue weighted by Crippen LogP contribution is -2.48. The number of aryl methyl sites for hydroxylation is 1. The van der Waals surface area contributed by atoms with Crippen LogP contribution in [-0.4, -0.2) is 59.5 Å². The lowest BCUT2D eigenvalue weighted by molar-refractivity contribution is -0.0295. The second kappa shape index (κ2) is 7.04. The van der Waals surface area contributed by atoms with Crippen LogP contribution in [0.4, 0.5) is 0 Å². The Balaban J connectivity index is 1.82. The number of carbonyl (C=O) groups excluding carboxylic acids is 1. The second-order valence-corrected chi connectivity index (χ2v) is 6.12. The van der Waals surface area contributed by atoms with Gasteiger partial charge in [-0.05, 0) is 12.8 Å². The van der Waals surface area contributed by atoms with Crippen LogP contribution in [0.1, 0.15) is 29.9 Å². The van der Waals surface area contributed by atoms with Gasteiger partial charge < -0.3 is 10.1 Å². The van der Waals surface area contributed by atoms with Crippen molar-refractivity contribution in [3.8, 4) is 0 Å². The average Bonchev–Trinajstić information content (AvgIpc) is 2.76. The van der Waals surface area contributed by atoms with Crippen LogP contribution >= 0.6 is 0 Å². The third-order valence-corrected chi connectivity index (χ3v) is 3.82. The fourth-order valence-corrected chi connectivity index (χ4v) is 2.61. The Kier molecular flexibility index (Phi) is 5.36. The van der Waals surface area contributed by atoms with Gasteiger partial charge in [0.15, 0.2) is 0 Å². The molecule has 6 heteroatoms. The first-order valence-corrected chi connectivity index (χ1v) is 7.58. The van der Waals surface area contributed by atoms with Crippen LogP contribution in [0.25, 0.3) is 0 Å². The van der Waals surface area contributed by atoms with E-state index >= 15 is 0 Å². The number of nitrogens with zero attached hydrogens (tertiary/aromatic N) is 3. The van der Waals surface area contributed by atoms with Crippen LogP contribution in [0, 0.1) is 12.8 Å². The molecular weight excluding hydrogens is 268 g/mol. The van der Waals surface area contributed by atoms with E-state index in [4.69, 9.17) is 4.74 Å². The molecule has 118 valence electrons. The first kappa shape index (κ1) is 16.0. The molecule has 1 aromatic rings. The van der Waals surface area contributed by atoms with Gasteiger partial charge in [0.1, 0.15) is 0 Å². The van der Waals surface area contributed by atoms with E-state index in [9.17, 15) is 4.79 Å². The van der Waals surface area contributed by atoms with E-state index in [1.54, 1.807) is 10.9 Å². The normalized spacial score (nSPS) is 20.0. The van der Waals surface area contributed by atoms with Crippen molar-refractivity contribution in [3.63, 3.8) is 0 Å². The summed E-state index contributed by atoms with van der Waals surface area (Å²) < 4.78 is 7.44. The van der Waals surface area contributed by atoms with E-state index in [0.717, 1.165) is 31.9 Å². The number of carbonyl (C=O) groups is 1. The molecule has 1 aromatic heterocycles. The molecule has 0 radical (unpaired) electrons. The van der Waals surface area contributed by atoms with Crippen molar-refractivity contribution < 1.29 is 9.53 Å². The Labute approximate surface area is 126 Å². The molecule has 21 heavy (non-hydrogen) atoms. The fourth-order valence-electron chi connectivity index (χ4n) is 2.61. The van der Waals surface area contributed by atoms with Crippen molar-refractivity contribution in [2.45, 2.75) is 26.9 Å². The van der Waals surface area contributed by atoms with Crippen LogP contribution in [0.5, 0.6) is 0 Å². The van der Waals surface area contributed by atoms with Gasteiger partial charge in [0.2, 0.25) is 0 Å². The molecule has 0 aliphatic carbocycles. The molecule has 2 heterocycles. The molecule has 1 N–H and O–H groups in total. The molecule has 1 fully saturated rings. The highest BCUT2D eigenvalue weighted by atomic mass is 16.5. The van der Waals surface area contributed by atoms with Crippen LogP contribution < -0.4 is 5.32 Å². The Hall–Kier alpha value is -1.40. The fraction of sp³-hybridized carbons (Fsp3) is 0.733. The third-order valence-electron chi connectivity index (χ3n) is 3.82. The zero-order chi connectivity index (χ0) is 15.4. The smallest absolute Gasteiger partial charge is 0.254 e. The van der Waals surface area contributed by atoms with Crippen LogP contribution in [0.2, 0.25) is 0 Å². The molecule has 1 atom stereocenters. The maximum atomic E-state index is 12.1. The first-order chi connectivity index (χ1) is 9.97. The number of amides is 1. The summed E-state index contributed by atoms with van der Waals surface area (Å²) in [6.45, 7) is 10.5. The molecule has 0 aromatic carbocycles. The van der Waals surface area contributed by atoms with Gasteiger partial charge in [0.25, 0.3) is 5.91 Å². The van der Waals surface area contributed by atoms with Gasteiger partial charge in [0, 0.05) is 38.9 Å². The molecule has 1 aliphatic rings. The molecule has 1 aliphatic heterocycles. The maximum Gasteiger partial charge on any atom is 0.254 e. The summed E-state index contributed by atoms with van der Waals surface area (Å²) >= 11 is 0. The third kappa shape index (κ3) is 4.28. The lowest BCUT2D eigenvalue weighted by Gasteiger charge is -2.33. The Morgan fingerprint density at radius 3 is 2.95 bits per heavy atom. The summed E-state index contributed by atoms with van der Waals surface area (Å²) in [5.74, 6) is 0.571. The van der Waals surface area contributed by atoms with Crippen LogP contribution in [-0.2, 0) is 11.8 Å². The van der Waals surface area contributed by atoms with E-state index in [0.29, 0.717) is 18.0 Å². The predicted molar refractivity (Wildman–Crippen MR) is 81.3 cm³/mol. The zero-order valence-electron chi connectivity index (χ0n) is 13.4. The van der Waals surface area contributed by atoms with E-state index < -0.39 is 0 Å². The number of hydrogen-bond acceptors (Lipinski definition) is 4. The molecule has 0 saturated carbocycles. The number of morpholine rings is 1. The van der Waals surface area contributed by atoms with E-state index in [2.05, 4.69) is 29.2 Å². The standard InChI is InChI=1S/C15H26N4O2/c1-11(2)9-19-5-6-21-13(10-19)7-16-15(20)14-8-17-18(4)12(14)3/h8,11,13H,5-7,9-10H2,1-4H3,(H,16,20)/t13-/m0/s1. The van der Waals surface area contributed by atoms with Gasteiger partial charge in [-0.2, -0.15) is 5.10 Å². The number of aromatic nitrogens is 2. The SMILES string of the molecule is Cc1c(C(=O)NC[C@H]2CN(CC(C)C)CCO2)cnn1C. The topological polar surface area (TPSA) is 59.4 Å². The summed E-state index contributed by atoms with van der Waals surface area (Å²) in [7, 11) is 1.83. The summed E-state index contributed by atoms with van der Waals surface area (Å²) in [6.07, 6.45) is 1.68. The largest absolute Gasteiger partial charge is 0.374 e. The molecule has 6 nitrogen and oxygen atoms in total. The number of rotatable bonds is 5. The average molecular weight is 294 g/mol. The quantitative estimate of drug-likeness (QED) is 0.873. The minimum atomic E-state index is -0.0785. The summed E-state index contributed by atoms with van der Waals surface area (Å²) in [6, 6.07) is 0. The highest BCUT2D eigenvalue weighted by Crippen LogP contribution is 2.09. The summed E-state index contributed by atoms with van der Waals surface area (Å²) in [5, 5.41) is 7.05. The van der Waals surface area contributed by atoms with Crippen molar-refractivity contribution in [2.75, 3.05) is 32.8 Å². The second-order valence-electron chi connectivity index (χ2n) is 6.12. The van der Waals surface area contributed by atoms with Gasteiger partial charge in [-0.3, -0.25) is 14.4 Å². The van der Waals surface area contributed by atoms with Gasteiger partial charge in [-0.25, -0.2) is 0 Å². The molecular formula is C15H26N4O2. The van der Waals surface area contributed by atoms with Gasteiger partial charge >= 0.3 is 0 Å².